The number of nitrogens with zero attached hydrogens (tertiary/aromatic N) is 1. The highest BCUT2D eigenvalue weighted by Gasteiger charge is 2.27. The number of halogens is 1. The van der Waals surface area contributed by atoms with E-state index in [2.05, 4.69) is 0 Å². The van der Waals surface area contributed by atoms with Crippen LogP contribution in [0.5, 0.6) is 0 Å². The van der Waals surface area contributed by atoms with Crippen molar-refractivity contribution in [2.24, 2.45) is 5.73 Å². The Bertz CT molecular complexity index is 590. The maximum Gasteiger partial charge on any atom is 0.184 e. The summed E-state index contributed by atoms with van der Waals surface area (Å²) in [6, 6.07) is 4.90. The average molecular weight is 322 g/mol. The standard InChI is InChI=1S/C17H23FN2O3/c1-12(21)3-6-16(22)13-4-5-15(14(11-13)17(2,18)19)20-7-9-23-10-8-20/h4-5,11H,3,6-10,19H2,1-2H3. The number of anilines is 1. The third-order valence-electron chi connectivity index (χ3n) is 3.90. The van der Waals surface area contributed by atoms with Gasteiger partial charge in [-0.15, -0.1) is 0 Å². The van der Waals surface area contributed by atoms with Crippen LogP contribution in [0.25, 0.3) is 0 Å². The number of alkyl halides is 1. The first-order valence-electron chi connectivity index (χ1n) is 7.76. The van der Waals surface area contributed by atoms with Gasteiger partial charge >= 0.3 is 0 Å². The molecule has 1 saturated heterocycles. The van der Waals surface area contributed by atoms with Gasteiger partial charge in [-0.2, -0.15) is 0 Å². The van der Waals surface area contributed by atoms with Crippen LogP contribution < -0.4 is 10.6 Å². The highest BCUT2D eigenvalue weighted by molar-refractivity contribution is 5.98. The highest BCUT2D eigenvalue weighted by atomic mass is 19.1. The number of ketones is 2. The van der Waals surface area contributed by atoms with E-state index in [1.165, 1.54) is 19.9 Å². The zero-order valence-corrected chi connectivity index (χ0v) is 13.6. The molecular weight excluding hydrogens is 299 g/mol. The molecule has 0 saturated carbocycles. The minimum absolute atomic E-state index is 0.0438. The van der Waals surface area contributed by atoms with Crippen molar-refractivity contribution in [3.8, 4) is 0 Å². The van der Waals surface area contributed by atoms with Crippen molar-refractivity contribution in [2.75, 3.05) is 31.2 Å². The SMILES string of the molecule is CC(=O)CCC(=O)c1ccc(N2CCOCC2)c(C(C)(N)F)c1. The Morgan fingerprint density at radius 2 is 1.96 bits per heavy atom. The van der Waals surface area contributed by atoms with E-state index >= 15 is 0 Å². The summed E-state index contributed by atoms with van der Waals surface area (Å²) in [4.78, 5) is 25.2. The van der Waals surface area contributed by atoms with Crippen LogP contribution in [-0.2, 0) is 15.3 Å². The first kappa shape index (κ1) is 17.6. The number of benzene rings is 1. The van der Waals surface area contributed by atoms with Crippen molar-refractivity contribution >= 4 is 17.3 Å². The number of hydrogen-bond donors (Lipinski definition) is 1. The quantitative estimate of drug-likeness (QED) is 0.642. The van der Waals surface area contributed by atoms with Crippen LogP contribution in [0.1, 0.15) is 42.6 Å². The summed E-state index contributed by atoms with van der Waals surface area (Å²) in [5.74, 6) is -2.28. The smallest absolute Gasteiger partial charge is 0.184 e. The molecule has 1 aliphatic heterocycles. The van der Waals surface area contributed by atoms with Crippen LogP contribution in [0.2, 0.25) is 0 Å². The lowest BCUT2D eigenvalue weighted by molar-refractivity contribution is -0.116. The van der Waals surface area contributed by atoms with E-state index in [4.69, 9.17) is 10.5 Å². The maximum atomic E-state index is 14.4. The molecule has 0 spiro atoms. The van der Waals surface area contributed by atoms with Crippen LogP contribution in [0.3, 0.4) is 0 Å². The molecule has 2 N–H and O–H groups in total. The van der Waals surface area contributed by atoms with Crippen molar-refractivity contribution in [1.29, 1.82) is 0 Å². The normalized spacial score (nSPS) is 17.7. The van der Waals surface area contributed by atoms with Crippen LogP contribution in [-0.4, -0.2) is 37.9 Å². The Morgan fingerprint density at radius 1 is 1.30 bits per heavy atom. The van der Waals surface area contributed by atoms with Crippen LogP contribution in [0.4, 0.5) is 10.1 Å². The van der Waals surface area contributed by atoms with Crippen molar-refractivity contribution in [3.63, 3.8) is 0 Å². The lowest BCUT2D eigenvalue weighted by atomic mass is 9.97. The minimum atomic E-state index is -2.05. The fourth-order valence-electron chi connectivity index (χ4n) is 2.61. The fraction of sp³-hybridized carbons (Fsp3) is 0.529. The highest BCUT2D eigenvalue weighted by Crippen LogP contribution is 2.32. The van der Waals surface area contributed by atoms with Gasteiger partial charge in [-0.05, 0) is 32.0 Å². The topological polar surface area (TPSA) is 72.6 Å². The van der Waals surface area contributed by atoms with E-state index in [1.807, 2.05) is 4.90 Å². The van der Waals surface area contributed by atoms with Crippen molar-refractivity contribution in [1.82, 2.24) is 0 Å². The van der Waals surface area contributed by atoms with Gasteiger partial charge < -0.3 is 14.4 Å². The summed E-state index contributed by atoms with van der Waals surface area (Å²) < 4.78 is 19.8. The molecule has 1 fully saturated rings. The van der Waals surface area contributed by atoms with Gasteiger partial charge in [0.1, 0.15) is 5.78 Å². The molecule has 0 aromatic heterocycles. The number of ether oxygens (including phenoxy) is 1. The second kappa shape index (κ2) is 7.19. The van der Waals surface area contributed by atoms with Crippen molar-refractivity contribution < 1.29 is 18.7 Å². The third kappa shape index (κ3) is 4.59. The van der Waals surface area contributed by atoms with Gasteiger partial charge in [0.15, 0.2) is 11.6 Å². The Labute approximate surface area is 135 Å². The van der Waals surface area contributed by atoms with Crippen LogP contribution in [0.15, 0.2) is 18.2 Å². The molecule has 1 heterocycles. The number of hydrogen-bond acceptors (Lipinski definition) is 5. The predicted octanol–water partition coefficient (Wildman–Crippen LogP) is 2.18. The summed E-state index contributed by atoms with van der Waals surface area (Å²) in [6.45, 7) is 5.18. The largest absolute Gasteiger partial charge is 0.378 e. The van der Waals surface area contributed by atoms with E-state index in [0.29, 0.717) is 37.6 Å². The molecule has 0 bridgehead atoms. The number of carbonyl (C=O) groups excluding carboxylic acids is 2. The third-order valence-corrected chi connectivity index (χ3v) is 3.90. The molecular formula is C17H23FN2O3. The molecule has 0 aliphatic carbocycles. The molecule has 126 valence electrons. The Morgan fingerprint density at radius 3 is 2.52 bits per heavy atom. The Hall–Kier alpha value is -1.79. The van der Waals surface area contributed by atoms with Gasteiger partial charge in [-0.25, -0.2) is 4.39 Å². The molecule has 1 aliphatic rings. The molecule has 1 unspecified atom stereocenters. The number of carbonyl (C=O) groups is 2. The van der Waals surface area contributed by atoms with E-state index in [9.17, 15) is 14.0 Å². The van der Waals surface area contributed by atoms with Gasteiger partial charge in [0.25, 0.3) is 0 Å². The molecule has 1 atom stereocenters. The first-order chi connectivity index (χ1) is 10.8. The Balaban J connectivity index is 2.30. The molecule has 0 radical (unpaired) electrons. The molecule has 0 amide bonds. The minimum Gasteiger partial charge on any atom is -0.378 e. The van der Waals surface area contributed by atoms with E-state index < -0.39 is 5.79 Å². The molecule has 23 heavy (non-hydrogen) atoms. The van der Waals surface area contributed by atoms with Crippen LogP contribution >= 0.6 is 0 Å². The molecule has 5 nitrogen and oxygen atoms in total. The second-order valence-corrected chi connectivity index (χ2v) is 6.03. The monoisotopic (exact) mass is 322 g/mol. The van der Waals surface area contributed by atoms with Gasteiger partial charge in [0, 0.05) is 42.7 Å². The number of morpholine rings is 1. The maximum absolute atomic E-state index is 14.4. The lowest BCUT2D eigenvalue weighted by Gasteiger charge is -2.32. The number of Topliss-reactive ketones (excluding diaryl/α,β-unsaturated/α-hetero) is 2. The summed E-state index contributed by atoms with van der Waals surface area (Å²) in [5.41, 5.74) is 7.02. The summed E-state index contributed by atoms with van der Waals surface area (Å²) in [5, 5.41) is 0. The molecule has 2 rings (SSSR count). The lowest BCUT2D eigenvalue weighted by Crippen LogP contribution is -2.39. The zero-order chi connectivity index (χ0) is 17.0. The second-order valence-electron chi connectivity index (χ2n) is 6.03. The van der Waals surface area contributed by atoms with Crippen molar-refractivity contribution in [2.45, 2.75) is 32.5 Å². The summed E-state index contributed by atoms with van der Waals surface area (Å²) in [7, 11) is 0. The van der Waals surface area contributed by atoms with Gasteiger partial charge in [-0.1, -0.05) is 0 Å². The fourth-order valence-corrected chi connectivity index (χ4v) is 2.61. The Kier molecular flexibility index (Phi) is 5.49. The molecule has 6 heteroatoms. The molecule has 1 aromatic carbocycles. The van der Waals surface area contributed by atoms with Gasteiger partial charge in [0.2, 0.25) is 0 Å². The summed E-state index contributed by atoms with van der Waals surface area (Å²) in [6.07, 6.45) is 0.314. The number of nitrogens with two attached hydrogens (primary N) is 1. The van der Waals surface area contributed by atoms with Gasteiger partial charge in [0.05, 0.1) is 13.2 Å². The first-order valence-corrected chi connectivity index (χ1v) is 7.76. The van der Waals surface area contributed by atoms with Crippen LogP contribution in [0, 0.1) is 0 Å². The number of rotatable bonds is 6. The summed E-state index contributed by atoms with van der Waals surface area (Å²) >= 11 is 0. The van der Waals surface area contributed by atoms with Crippen molar-refractivity contribution in [3.05, 3.63) is 29.3 Å². The van der Waals surface area contributed by atoms with E-state index in [-0.39, 0.29) is 30.0 Å². The predicted molar refractivity (Wildman–Crippen MR) is 86.4 cm³/mol. The molecule has 1 aromatic rings. The zero-order valence-electron chi connectivity index (χ0n) is 13.6. The average Bonchev–Trinajstić information content (AvgIpc) is 2.52. The van der Waals surface area contributed by atoms with E-state index in [1.54, 1.807) is 12.1 Å². The van der Waals surface area contributed by atoms with Gasteiger partial charge in [-0.3, -0.25) is 10.5 Å². The van der Waals surface area contributed by atoms with E-state index in [0.717, 1.165) is 0 Å².